The van der Waals surface area contributed by atoms with Crippen LogP contribution in [0, 0.1) is 0 Å². The van der Waals surface area contributed by atoms with Crippen molar-refractivity contribution in [2.24, 2.45) is 0 Å². The minimum atomic E-state index is -1.01. The molecule has 1 unspecified atom stereocenters. The maximum absolute atomic E-state index is 11.9. The summed E-state index contributed by atoms with van der Waals surface area (Å²) in [5.41, 5.74) is 0.420. The normalized spacial score (nSPS) is 13.2. The van der Waals surface area contributed by atoms with E-state index < -0.39 is 17.9 Å². The van der Waals surface area contributed by atoms with Gasteiger partial charge in [-0.3, -0.25) is 4.79 Å². The SMILES string of the molecule is COC(=O)/C(=C(\C)O)C(C(=O)OC)c1ccccc1. The van der Waals surface area contributed by atoms with Gasteiger partial charge in [0.15, 0.2) is 0 Å². The Morgan fingerprint density at radius 3 is 2.11 bits per heavy atom. The van der Waals surface area contributed by atoms with Gasteiger partial charge >= 0.3 is 11.9 Å². The monoisotopic (exact) mass is 264 g/mol. The molecule has 0 aliphatic rings. The average molecular weight is 264 g/mol. The maximum atomic E-state index is 11.9. The van der Waals surface area contributed by atoms with Gasteiger partial charge < -0.3 is 14.6 Å². The zero-order valence-electron chi connectivity index (χ0n) is 11.0. The first-order chi connectivity index (χ1) is 9.02. The van der Waals surface area contributed by atoms with Crippen LogP contribution in [0.2, 0.25) is 0 Å². The molecule has 1 aromatic rings. The smallest absolute Gasteiger partial charge is 0.338 e. The zero-order valence-corrected chi connectivity index (χ0v) is 11.0. The molecule has 0 radical (unpaired) electrons. The summed E-state index contributed by atoms with van der Waals surface area (Å²) in [6.45, 7) is 1.32. The van der Waals surface area contributed by atoms with Crippen molar-refractivity contribution in [3.63, 3.8) is 0 Å². The molecule has 0 spiro atoms. The molecule has 0 aliphatic heterocycles. The molecule has 1 rings (SSSR count). The van der Waals surface area contributed by atoms with Crippen molar-refractivity contribution >= 4 is 11.9 Å². The average Bonchev–Trinajstić information content (AvgIpc) is 2.43. The van der Waals surface area contributed by atoms with Gasteiger partial charge in [-0.2, -0.15) is 0 Å². The fraction of sp³-hybridized carbons (Fsp3) is 0.286. The van der Waals surface area contributed by atoms with Gasteiger partial charge in [-0.05, 0) is 12.5 Å². The molecule has 19 heavy (non-hydrogen) atoms. The van der Waals surface area contributed by atoms with Gasteiger partial charge in [0.25, 0.3) is 0 Å². The van der Waals surface area contributed by atoms with Crippen LogP contribution in [0.1, 0.15) is 18.4 Å². The van der Waals surface area contributed by atoms with E-state index in [1.165, 1.54) is 21.1 Å². The Morgan fingerprint density at radius 2 is 1.68 bits per heavy atom. The Balaban J connectivity index is 3.36. The molecule has 102 valence electrons. The van der Waals surface area contributed by atoms with E-state index in [0.717, 1.165) is 0 Å². The van der Waals surface area contributed by atoms with E-state index in [4.69, 9.17) is 4.74 Å². The molecule has 0 fully saturated rings. The second-order valence-electron chi connectivity index (χ2n) is 3.86. The molecule has 1 aromatic carbocycles. The first-order valence-corrected chi connectivity index (χ1v) is 5.63. The highest BCUT2D eigenvalue weighted by molar-refractivity contribution is 5.99. The molecular formula is C14H16O5. The molecule has 0 aromatic heterocycles. The fourth-order valence-corrected chi connectivity index (χ4v) is 1.77. The van der Waals surface area contributed by atoms with E-state index in [0.29, 0.717) is 5.56 Å². The van der Waals surface area contributed by atoms with Crippen LogP contribution in [0.5, 0.6) is 0 Å². The lowest BCUT2D eigenvalue weighted by atomic mass is 9.90. The third-order valence-electron chi connectivity index (χ3n) is 2.65. The Morgan fingerprint density at radius 1 is 1.11 bits per heavy atom. The van der Waals surface area contributed by atoms with Crippen LogP contribution in [0.25, 0.3) is 0 Å². The first kappa shape index (κ1) is 14.8. The van der Waals surface area contributed by atoms with E-state index in [-0.39, 0.29) is 11.3 Å². The van der Waals surface area contributed by atoms with Crippen LogP contribution in [-0.2, 0) is 19.1 Å². The van der Waals surface area contributed by atoms with Gasteiger partial charge in [-0.1, -0.05) is 30.3 Å². The molecule has 5 nitrogen and oxygen atoms in total. The van der Waals surface area contributed by atoms with Gasteiger partial charge in [0, 0.05) is 0 Å². The van der Waals surface area contributed by atoms with Crippen molar-refractivity contribution in [3.05, 3.63) is 47.2 Å². The number of benzene rings is 1. The highest BCUT2D eigenvalue weighted by atomic mass is 16.5. The molecule has 1 N–H and O–H groups in total. The first-order valence-electron chi connectivity index (χ1n) is 5.63. The Hall–Kier alpha value is -2.30. The number of esters is 2. The van der Waals surface area contributed by atoms with E-state index in [9.17, 15) is 14.7 Å². The molecule has 5 heteroatoms. The second-order valence-corrected chi connectivity index (χ2v) is 3.86. The third-order valence-corrected chi connectivity index (χ3v) is 2.65. The quantitative estimate of drug-likeness (QED) is 0.511. The number of rotatable bonds is 4. The van der Waals surface area contributed by atoms with Crippen LogP contribution in [0.3, 0.4) is 0 Å². The molecular weight excluding hydrogens is 248 g/mol. The van der Waals surface area contributed by atoms with Crippen LogP contribution >= 0.6 is 0 Å². The number of hydrogen-bond donors (Lipinski definition) is 1. The predicted molar refractivity (Wildman–Crippen MR) is 68.5 cm³/mol. The minimum absolute atomic E-state index is 0.124. The maximum Gasteiger partial charge on any atom is 0.338 e. The van der Waals surface area contributed by atoms with E-state index in [2.05, 4.69) is 4.74 Å². The summed E-state index contributed by atoms with van der Waals surface area (Å²) < 4.78 is 9.31. The number of aliphatic hydroxyl groups excluding tert-OH is 1. The van der Waals surface area contributed by atoms with Gasteiger partial charge in [0.2, 0.25) is 0 Å². The molecule has 0 heterocycles. The lowest BCUT2D eigenvalue weighted by molar-refractivity contribution is -0.145. The summed E-state index contributed by atoms with van der Waals surface area (Å²) in [7, 11) is 2.41. The van der Waals surface area contributed by atoms with Gasteiger partial charge in [-0.15, -0.1) is 0 Å². The zero-order chi connectivity index (χ0) is 14.4. The number of carbonyl (C=O) groups is 2. The molecule has 0 bridgehead atoms. The van der Waals surface area contributed by atoms with E-state index in [1.807, 2.05) is 0 Å². The number of allylic oxidation sites excluding steroid dienone is 1. The van der Waals surface area contributed by atoms with E-state index >= 15 is 0 Å². The number of ether oxygens (including phenoxy) is 2. The van der Waals surface area contributed by atoms with Crippen molar-refractivity contribution in [2.45, 2.75) is 12.8 Å². The Bertz CT molecular complexity index is 486. The molecule has 0 amide bonds. The minimum Gasteiger partial charge on any atom is -0.512 e. The fourth-order valence-electron chi connectivity index (χ4n) is 1.77. The number of carbonyl (C=O) groups excluding carboxylic acids is 2. The topological polar surface area (TPSA) is 72.8 Å². The van der Waals surface area contributed by atoms with Gasteiger partial charge in [0.1, 0.15) is 11.7 Å². The summed E-state index contributed by atoms with van der Waals surface area (Å²) in [6.07, 6.45) is 0. The molecule has 0 aliphatic carbocycles. The summed E-state index contributed by atoms with van der Waals surface area (Å²) in [6, 6.07) is 8.59. The number of methoxy groups -OCH3 is 2. The summed E-state index contributed by atoms with van der Waals surface area (Å²) in [5, 5.41) is 9.66. The lowest BCUT2D eigenvalue weighted by Gasteiger charge is -2.17. The lowest BCUT2D eigenvalue weighted by Crippen LogP contribution is -2.23. The summed E-state index contributed by atoms with van der Waals surface area (Å²) >= 11 is 0. The third kappa shape index (κ3) is 3.34. The van der Waals surface area contributed by atoms with Crippen molar-refractivity contribution < 1.29 is 24.2 Å². The Kier molecular flexibility index (Phi) is 5.11. The van der Waals surface area contributed by atoms with Gasteiger partial charge in [0.05, 0.1) is 19.8 Å². The molecule has 0 saturated carbocycles. The van der Waals surface area contributed by atoms with Crippen molar-refractivity contribution in [1.82, 2.24) is 0 Å². The van der Waals surface area contributed by atoms with Crippen LogP contribution in [-0.4, -0.2) is 31.3 Å². The Labute approximate surface area is 111 Å². The number of hydrogen-bond acceptors (Lipinski definition) is 5. The largest absolute Gasteiger partial charge is 0.512 e. The highest BCUT2D eigenvalue weighted by Crippen LogP contribution is 2.28. The highest BCUT2D eigenvalue weighted by Gasteiger charge is 2.33. The summed E-state index contributed by atoms with van der Waals surface area (Å²) in [5.74, 6) is -2.69. The van der Waals surface area contributed by atoms with Crippen molar-refractivity contribution in [1.29, 1.82) is 0 Å². The van der Waals surface area contributed by atoms with Crippen molar-refractivity contribution in [3.8, 4) is 0 Å². The van der Waals surface area contributed by atoms with Crippen molar-refractivity contribution in [2.75, 3.05) is 14.2 Å². The molecule has 0 saturated heterocycles. The van der Waals surface area contributed by atoms with Gasteiger partial charge in [-0.25, -0.2) is 4.79 Å². The predicted octanol–water partition coefficient (Wildman–Crippen LogP) is 1.95. The second kappa shape index (κ2) is 6.58. The number of aliphatic hydroxyl groups is 1. The van der Waals surface area contributed by atoms with E-state index in [1.54, 1.807) is 30.3 Å². The summed E-state index contributed by atoms with van der Waals surface area (Å²) in [4.78, 5) is 23.6. The standard InChI is InChI=1S/C14H16O5/c1-9(15)11(13(16)18-2)12(14(17)19-3)10-7-5-4-6-8-10/h4-8,12,15H,1-3H3/b11-9+. The van der Waals surface area contributed by atoms with Crippen LogP contribution in [0.15, 0.2) is 41.7 Å². The molecule has 1 atom stereocenters. The van der Waals surface area contributed by atoms with Crippen LogP contribution < -0.4 is 0 Å². The van der Waals surface area contributed by atoms with Crippen LogP contribution in [0.4, 0.5) is 0 Å².